The van der Waals surface area contributed by atoms with Gasteiger partial charge in [0.05, 0.1) is 35.0 Å². The Kier molecular flexibility index (Phi) is 12.2. The van der Waals surface area contributed by atoms with E-state index in [1.807, 2.05) is 38.1 Å². The molecule has 0 radical (unpaired) electrons. The number of nitrogens with zero attached hydrogens (tertiary/aromatic N) is 5. The molecule has 0 aliphatic carbocycles. The molecular weight excluding hydrogens is 640 g/mol. The van der Waals surface area contributed by atoms with Gasteiger partial charge in [0.25, 0.3) is 0 Å². The minimum atomic E-state index is -0.627. The summed E-state index contributed by atoms with van der Waals surface area (Å²) in [5.74, 6) is 3.70. The van der Waals surface area contributed by atoms with Gasteiger partial charge in [-0.05, 0) is 56.3 Å². The molecule has 0 unspecified atom stereocenters. The maximum atomic E-state index is 14.0. The number of carbonyl (C=O) groups excluding carboxylic acids is 1. The van der Waals surface area contributed by atoms with Crippen LogP contribution in [0.2, 0.25) is 0 Å². The van der Waals surface area contributed by atoms with Crippen molar-refractivity contribution >= 4 is 23.5 Å². The minimum Gasteiger partial charge on any atom is -0.497 e. The molecule has 3 aromatic carbocycles. The number of hydrogen-bond donors (Lipinski definition) is 1. The molecular formula is C37H46N6O7. The van der Waals surface area contributed by atoms with E-state index in [1.54, 1.807) is 65.0 Å². The van der Waals surface area contributed by atoms with Gasteiger partial charge in [0.2, 0.25) is 11.7 Å². The number of aromatic nitrogens is 2. The SMILES string of the molecule is COc1ccc(OC)c(CN(C(=O)Oc2c(C)cccc2C)c2ccnc(Nc3cc(OC)c(OCCN4CCN(C)CC4)c(OC)c3)n2)c1. The molecule has 1 amide bonds. The maximum absolute atomic E-state index is 14.0. The molecule has 1 N–H and O–H groups in total. The fourth-order valence-corrected chi connectivity index (χ4v) is 5.65. The van der Waals surface area contributed by atoms with E-state index >= 15 is 0 Å². The van der Waals surface area contributed by atoms with Gasteiger partial charge in [0, 0.05) is 62.3 Å². The van der Waals surface area contributed by atoms with Crippen molar-refractivity contribution in [3.05, 3.63) is 77.5 Å². The summed E-state index contributed by atoms with van der Waals surface area (Å²) in [5, 5.41) is 3.23. The Balaban J connectivity index is 1.41. The first-order valence-electron chi connectivity index (χ1n) is 16.4. The Labute approximate surface area is 293 Å². The van der Waals surface area contributed by atoms with Crippen LogP contribution >= 0.6 is 0 Å². The second-order valence-electron chi connectivity index (χ2n) is 11.9. The van der Waals surface area contributed by atoms with E-state index in [0.717, 1.165) is 43.9 Å². The smallest absolute Gasteiger partial charge is 0.421 e. The summed E-state index contributed by atoms with van der Waals surface area (Å²) in [4.78, 5) is 29.2. The Morgan fingerprint density at radius 1 is 0.840 bits per heavy atom. The van der Waals surface area contributed by atoms with Crippen LogP contribution in [0.5, 0.6) is 34.5 Å². The number of piperazine rings is 1. The lowest BCUT2D eigenvalue weighted by atomic mass is 10.1. The fourth-order valence-electron chi connectivity index (χ4n) is 5.65. The number of para-hydroxylation sites is 1. The van der Waals surface area contributed by atoms with E-state index in [9.17, 15) is 4.79 Å². The van der Waals surface area contributed by atoms with Crippen molar-refractivity contribution < 1.29 is 33.2 Å². The summed E-state index contributed by atoms with van der Waals surface area (Å²) in [6.07, 6.45) is 0.940. The van der Waals surface area contributed by atoms with Crippen LogP contribution in [-0.2, 0) is 6.54 Å². The third-order valence-electron chi connectivity index (χ3n) is 8.52. The van der Waals surface area contributed by atoms with Gasteiger partial charge in [-0.2, -0.15) is 4.98 Å². The zero-order valence-electron chi connectivity index (χ0n) is 29.8. The molecule has 13 nitrogen and oxygen atoms in total. The summed E-state index contributed by atoms with van der Waals surface area (Å²) in [6.45, 7) is 9.23. The van der Waals surface area contributed by atoms with Crippen molar-refractivity contribution in [1.82, 2.24) is 19.8 Å². The molecule has 1 aliphatic rings. The first-order valence-corrected chi connectivity index (χ1v) is 16.4. The summed E-state index contributed by atoms with van der Waals surface area (Å²) >= 11 is 0. The number of likely N-dealkylation sites (N-methyl/N-ethyl adjacent to an activating group) is 1. The largest absolute Gasteiger partial charge is 0.497 e. The standard InChI is InChI=1S/C37H46N6O7/c1-25-9-8-10-26(2)34(25)50-37(44)43(24-27-21-29(45-4)11-12-30(27)46-5)33-13-14-38-36(40-33)39-28-22-31(47-6)35(32(23-28)48-7)49-20-19-42-17-15-41(3)16-18-42/h8-14,21-23H,15-20,24H2,1-7H3,(H,38,39,40). The van der Waals surface area contributed by atoms with Gasteiger partial charge in [-0.25, -0.2) is 9.78 Å². The summed E-state index contributed by atoms with van der Waals surface area (Å²) in [6, 6.07) is 16.3. The highest BCUT2D eigenvalue weighted by Gasteiger charge is 2.24. The van der Waals surface area contributed by atoms with Crippen molar-refractivity contribution in [3.8, 4) is 34.5 Å². The quantitative estimate of drug-likeness (QED) is 0.175. The monoisotopic (exact) mass is 686 g/mol. The van der Waals surface area contributed by atoms with Crippen LogP contribution in [0.25, 0.3) is 0 Å². The van der Waals surface area contributed by atoms with Crippen LogP contribution in [0, 0.1) is 13.8 Å². The number of anilines is 3. The van der Waals surface area contributed by atoms with Crippen LogP contribution in [0.15, 0.2) is 60.8 Å². The Morgan fingerprint density at radius 3 is 2.16 bits per heavy atom. The molecule has 1 aromatic heterocycles. The number of aryl methyl sites for hydroxylation is 2. The summed E-state index contributed by atoms with van der Waals surface area (Å²) in [5.41, 5.74) is 2.95. The highest BCUT2D eigenvalue weighted by atomic mass is 16.6. The van der Waals surface area contributed by atoms with Crippen LogP contribution < -0.4 is 38.6 Å². The van der Waals surface area contributed by atoms with Gasteiger partial charge in [0.15, 0.2) is 11.5 Å². The maximum Gasteiger partial charge on any atom is 0.421 e. The number of carbonyl (C=O) groups is 1. The predicted octanol–water partition coefficient (Wildman–Crippen LogP) is 5.70. The molecule has 0 bridgehead atoms. The van der Waals surface area contributed by atoms with Crippen molar-refractivity contribution in [1.29, 1.82) is 0 Å². The zero-order chi connectivity index (χ0) is 35.6. The minimum absolute atomic E-state index is 0.0718. The summed E-state index contributed by atoms with van der Waals surface area (Å²) < 4.78 is 34.6. The number of hydrogen-bond acceptors (Lipinski definition) is 12. The van der Waals surface area contributed by atoms with Crippen LogP contribution in [-0.4, -0.2) is 101 Å². The first kappa shape index (κ1) is 36.0. The molecule has 0 saturated carbocycles. The zero-order valence-corrected chi connectivity index (χ0v) is 29.8. The first-order chi connectivity index (χ1) is 24.2. The van der Waals surface area contributed by atoms with Gasteiger partial charge in [0.1, 0.15) is 29.7 Å². The van der Waals surface area contributed by atoms with E-state index in [2.05, 4.69) is 27.1 Å². The second kappa shape index (κ2) is 16.9. The topological polar surface area (TPSA) is 120 Å². The number of methoxy groups -OCH3 is 4. The molecule has 1 saturated heterocycles. The van der Waals surface area contributed by atoms with Gasteiger partial charge >= 0.3 is 6.09 Å². The van der Waals surface area contributed by atoms with E-state index < -0.39 is 6.09 Å². The lowest BCUT2D eigenvalue weighted by molar-refractivity contribution is 0.131. The Bertz CT molecular complexity index is 1720. The van der Waals surface area contributed by atoms with Crippen LogP contribution in [0.1, 0.15) is 16.7 Å². The number of nitrogens with one attached hydrogen (secondary N) is 1. The summed E-state index contributed by atoms with van der Waals surface area (Å²) in [7, 11) is 8.45. The van der Waals surface area contributed by atoms with Gasteiger partial charge in [-0.3, -0.25) is 9.80 Å². The average molecular weight is 687 g/mol. The second-order valence-corrected chi connectivity index (χ2v) is 11.9. The van der Waals surface area contributed by atoms with Gasteiger partial charge in [-0.1, -0.05) is 18.2 Å². The molecule has 50 heavy (non-hydrogen) atoms. The highest BCUT2D eigenvalue weighted by Crippen LogP contribution is 2.41. The number of amides is 1. The molecule has 2 heterocycles. The molecule has 13 heteroatoms. The van der Waals surface area contributed by atoms with Gasteiger partial charge in [-0.15, -0.1) is 0 Å². The lowest BCUT2D eigenvalue weighted by Gasteiger charge is -2.32. The molecule has 5 rings (SSSR count). The van der Waals surface area contributed by atoms with E-state index in [1.165, 1.54) is 4.90 Å². The average Bonchev–Trinajstić information content (AvgIpc) is 3.13. The Morgan fingerprint density at radius 2 is 1.52 bits per heavy atom. The third-order valence-corrected chi connectivity index (χ3v) is 8.52. The number of rotatable bonds is 14. The molecule has 266 valence electrons. The van der Waals surface area contributed by atoms with Crippen molar-refractivity contribution in [2.75, 3.05) is 85.0 Å². The van der Waals surface area contributed by atoms with Crippen molar-refractivity contribution in [2.45, 2.75) is 20.4 Å². The molecule has 0 atom stereocenters. The number of ether oxygens (including phenoxy) is 6. The van der Waals surface area contributed by atoms with Crippen LogP contribution in [0.3, 0.4) is 0 Å². The fraction of sp³-hybridized carbons (Fsp3) is 0.378. The van der Waals surface area contributed by atoms with E-state index in [0.29, 0.717) is 58.2 Å². The molecule has 0 spiro atoms. The van der Waals surface area contributed by atoms with Crippen LogP contribution in [0.4, 0.5) is 22.2 Å². The highest BCUT2D eigenvalue weighted by molar-refractivity contribution is 5.88. The van der Waals surface area contributed by atoms with Gasteiger partial charge < -0.3 is 38.6 Å². The molecule has 1 aliphatic heterocycles. The third kappa shape index (κ3) is 8.84. The normalized spacial score (nSPS) is 13.3. The molecule has 1 fully saturated rings. The number of benzene rings is 3. The Hall–Kier alpha value is -5.27. The molecule has 4 aromatic rings. The van der Waals surface area contributed by atoms with E-state index in [-0.39, 0.29) is 12.5 Å². The lowest BCUT2D eigenvalue weighted by Crippen LogP contribution is -2.45. The van der Waals surface area contributed by atoms with Crippen molar-refractivity contribution in [3.63, 3.8) is 0 Å². The van der Waals surface area contributed by atoms with E-state index in [4.69, 9.17) is 33.4 Å². The van der Waals surface area contributed by atoms with Crippen molar-refractivity contribution in [2.24, 2.45) is 0 Å². The predicted molar refractivity (Wildman–Crippen MR) is 192 cm³/mol.